The number of hydrogen-bond acceptors (Lipinski definition) is 6. The number of piperidine rings is 1. The van der Waals surface area contributed by atoms with Crippen LogP contribution in [-0.4, -0.2) is 53.9 Å². The van der Waals surface area contributed by atoms with Crippen LogP contribution < -0.4 is 10.2 Å². The largest absolute Gasteiger partial charge is 0.354 e. The average Bonchev–Trinajstić information content (AvgIpc) is 3.36. The van der Waals surface area contributed by atoms with E-state index >= 15 is 0 Å². The molecule has 1 unspecified atom stereocenters. The smallest absolute Gasteiger partial charge is 0.243 e. The molecule has 5 rings (SSSR count). The van der Waals surface area contributed by atoms with Gasteiger partial charge in [-0.2, -0.15) is 9.57 Å². The number of rotatable bonds is 7. The highest BCUT2D eigenvalue weighted by atomic mass is 32.2. The van der Waals surface area contributed by atoms with Crippen LogP contribution in [0.5, 0.6) is 0 Å². The maximum Gasteiger partial charge on any atom is 0.243 e. The van der Waals surface area contributed by atoms with Crippen LogP contribution in [-0.2, 0) is 34.8 Å². The number of aromatic nitrogens is 2. The fourth-order valence-electron chi connectivity index (χ4n) is 5.20. The van der Waals surface area contributed by atoms with Gasteiger partial charge in [0.2, 0.25) is 15.9 Å². The van der Waals surface area contributed by atoms with Gasteiger partial charge in [-0.05, 0) is 67.5 Å². The van der Waals surface area contributed by atoms with E-state index in [4.69, 9.17) is 0 Å². The number of fused-ring (bicyclic) bond motifs is 1. The zero-order chi connectivity index (χ0) is 26.7. The van der Waals surface area contributed by atoms with Crippen molar-refractivity contribution < 1.29 is 13.2 Å². The summed E-state index contributed by atoms with van der Waals surface area (Å²) >= 11 is 0. The summed E-state index contributed by atoms with van der Waals surface area (Å²) in [6.07, 6.45) is 7.51. The van der Waals surface area contributed by atoms with Crippen LogP contribution in [0.2, 0.25) is 0 Å². The molecule has 38 heavy (non-hydrogen) atoms. The number of nitriles is 1. The Balaban J connectivity index is 1.23. The quantitative estimate of drug-likeness (QED) is 0.502. The van der Waals surface area contributed by atoms with Gasteiger partial charge >= 0.3 is 0 Å². The lowest BCUT2D eigenvalue weighted by molar-refractivity contribution is -0.122. The van der Waals surface area contributed by atoms with Crippen LogP contribution in [0.3, 0.4) is 0 Å². The predicted octanol–water partition coefficient (Wildman–Crippen LogP) is 2.64. The molecule has 1 amide bonds. The topological polar surface area (TPSA) is 111 Å². The van der Waals surface area contributed by atoms with Crippen LogP contribution in [0, 0.1) is 23.7 Å². The molecule has 0 saturated carbocycles. The first-order chi connectivity index (χ1) is 18.4. The van der Waals surface area contributed by atoms with E-state index in [1.807, 2.05) is 30.2 Å². The SMILES string of the molecule is Cn1cncc1CN1c2ccc(C#N)cc2C[CH]C1C(=O)NCC1CCN(S(=O)(=O)c2ccccc2)CC1. The summed E-state index contributed by atoms with van der Waals surface area (Å²) in [5, 5.41) is 12.4. The highest BCUT2D eigenvalue weighted by molar-refractivity contribution is 7.89. The van der Waals surface area contributed by atoms with E-state index < -0.39 is 16.1 Å². The number of nitrogens with zero attached hydrogens (tertiary/aromatic N) is 5. The zero-order valence-electron chi connectivity index (χ0n) is 21.3. The third kappa shape index (κ3) is 5.30. The van der Waals surface area contributed by atoms with Crippen molar-refractivity contribution in [1.29, 1.82) is 5.26 Å². The van der Waals surface area contributed by atoms with Gasteiger partial charge in [0.15, 0.2) is 0 Å². The first-order valence-corrected chi connectivity index (χ1v) is 14.2. The monoisotopic (exact) mass is 531 g/mol. The van der Waals surface area contributed by atoms with Crippen LogP contribution in [0.25, 0.3) is 0 Å². The van der Waals surface area contributed by atoms with Crippen LogP contribution in [0.15, 0.2) is 66.0 Å². The summed E-state index contributed by atoms with van der Waals surface area (Å²) in [5.41, 5.74) is 3.52. The van der Waals surface area contributed by atoms with Crippen LogP contribution in [0.1, 0.15) is 29.7 Å². The molecule has 2 aliphatic heterocycles. The number of sulfonamides is 1. The molecule has 1 atom stereocenters. The minimum Gasteiger partial charge on any atom is -0.354 e. The number of benzene rings is 2. The maximum atomic E-state index is 13.4. The molecule has 197 valence electrons. The van der Waals surface area contributed by atoms with E-state index in [9.17, 15) is 18.5 Å². The lowest BCUT2D eigenvalue weighted by Crippen LogP contribution is -2.51. The number of carbonyl (C=O) groups is 1. The molecule has 9 nitrogen and oxygen atoms in total. The summed E-state index contributed by atoms with van der Waals surface area (Å²) in [5.74, 6) is 0.127. The molecule has 1 fully saturated rings. The highest BCUT2D eigenvalue weighted by Crippen LogP contribution is 2.33. The average molecular weight is 532 g/mol. The molecule has 1 radical (unpaired) electrons. The Labute approximate surface area is 223 Å². The second-order valence-corrected chi connectivity index (χ2v) is 11.8. The summed E-state index contributed by atoms with van der Waals surface area (Å²) in [6.45, 7) is 1.88. The van der Waals surface area contributed by atoms with Gasteiger partial charge in [0.1, 0.15) is 6.04 Å². The minimum atomic E-state index is -3.50. The minimum absolute atomic E-state index is 0.0819. The van der Waals surface area contributed by atoms with Gasteiger partial charge in [-0.1, -0.05) is 18.2 Å². The maximum absolute atomic E-state index is 13.4. The third-order valence-corrected chi connectivity index (χ3v) is 9.36. The Morgan fingerprint density at radius 3 is 2.61 bits per heavy atom. The molecule has 3 heterocycles. The predicted molar refractivity (Wildman–Crippen MR) is 143 cm³/mol. The van der Waals surface area contributed by atoms with Crippen molar-refractivity contribution in [2.24, 2.45) is 13.0 Å². The molecular formula is C28H31N6O3S. The molecule has 1 saturated heterocycles. The second-order valence-electron chi connectivity index (χ2n) is 9.87. The summed E-state index contributed by atoms with van der Waals surface area (Å²) < 4.78 is 29.3. The van der Waals surface area contributed by atoms with Crippen molar-refractivity contribution in [3.05, 3.63) is 84.3 Å². The Kier molecular flexibility index (Phi) is 7.49. The van der Waals surface area contributed by atoms with E-state index in [-0.39, 0.29) is 11.8 Å². The summed E-state index contributed by atoms with van der Waals surface area (Å²) in [7, 11) is -1.57. The highest BCUT2D eigenvalue weighted by Gasteiger charge is 2.34. The van der Waals surface area contributed by atoms with Gasteiger partial charge < -0.3 is 14.8 Å². The van der Waals surface area contributed by atoms with Crippen LogP contribution in [0.4, 0.5) is 5.69 Å². The Bertz CT molecular complexity index is 1440. The zero-order valence-corrected chi connectivity index (χ0v) is 22.1. The van der Waals surface area contributed by atoms with E-state index in [0.717, 1.165) is 16.9 Å². The number of aryl methyl sites for hydroxylation is 1. The van der Waals surface area contributed by atoms with Gasteiger partial charge in [-0.3, -0.25) is 4.79 Å². The molecule has 0 spiro atoms. The molecule has 1 N–H and O–H groups in total. The number of hydrogen-bond donors (Lipinski definition) is 1. The fourth-order valence-corrected chi connectivity index (χ4v) is 6.69. The second kappa shape index (κ2) is 11.0. The summed E-state index contributed by atoms with van der Waals surface area (Å²) in [6, 6.07) is 15.8. The Morgan fingerprint density at radius 2 is 1.92 bits per heavy atom. The van der Waals surface area contributed by atoms with Gasteiger partial charge in [0.05, 0.1) is 35.1 Å². The molecular weight excluding hydrogens is 500 g/mol. The third-order valence-electron chi connectivity index (χ3n) is 7.45. The number of nitrogens with one attached hydrogen (secondary N) is 1. The van der Waals surface area contributed by atoms with Crippen molar-refractivity contribution in [2.75, 3.05) is 24.5 Å². The van der Waals surface area contributed by atoms with Gasteiger partial charge in [-0.15, -0.1) is 0 Å². The summed E-state index contributed by atoms with van der Waals surface area (Å²) in [4.78, 5) is 20.0. The van der Waals surface area contributed by atoms with Crippen molar-refractivity contribution in [2.45, 2.75) is 36.7 Å². The standard InChI is InChI=1S/C28H31N6O3S/c1-32-20-30-18-24(32)19-34-26-9-7-22(16-29)15-23(26)8-10-27(34)28(35)31-17-21-11-13-33(14-12-21)38(36,37)25-5-3-2-4-6-25/h2-7,9-10,15,18,20-21,27H,8,11-14,17,19H2,1H3,(H,31,35). The van der Waals surface area contributed by atoms with E-state index in [1.54, 1.807) is 48.9 Å². The molecule has 10 heteroatoms. The number of amides is 1. The van der Waals surface area contributed by atoms with Crippen LogP contribution >= 0.6 is 0 Å². The van der Waals surface area contributed by atoms with Crippen molar-refractivity contribution in [1.82, 2.24) is 19.2 Å². The first kappa shape index (κ1) is 25.9. The van der Waals surface area contributed by atoms with E-state index in [2.05, 4.69) is 21.3 Å². The van der Waals surface area contributed by atoms with E-state index in [0.29, 0.717) is 55.9 Å². The van der Waals surface area contributed by atoms with Crippen molar-refractivity contribution in [3.8, 4) is 6.07 Å². The van der Waals surface area contributed by atoms with Crippen molar-refractivity contribution in [3.63, 3.8) is 0 Å². The Hall–Kier alpha value is -3.68. The normalized spacial score (nSPS) is 18.5. The van der Waals surface area contributed by atoms with E-state index in [1.165, 1.54) is 4.31 Å². The molecule has 2 aromatic carbocycles. The van der Waals surface area contributed by atoms with Crippen molar-refractivity contribution >= 4 is 21.6 Å². The number of imidazole rings is 1. The molecule has 2 aliphatic rings. The molecule has 0 bridgehead atoms. The van der Waals surface area contributed by atoms with Gasteiger partial charge in [-0.25, -0.2) is 13.4 Å². The molecule has 1 aromatic heterocycles. The molecule has 3 aromatic rings. The van der Waals surface area contributed by atoms with Gasteiger partial charge in [0.25, 0.3) is 0 Å². The number of carbonyl (C=O) groups excluding carboxylic acids is 1. The van der Waals surface area contributed by atoms with Gasteiger partial charge in [0, 0.05) is 38.6 Å². The lowest BCUT2D eigenvalue weighted by Gasteiger charge is -2.38. The lowest BCUT2D eigenvalue weighted by atomic mass is 9.93. The first-order valence-electron chi connectivity index (χ1n) is 12.8. The molecule has 0 aliphatic carbocycles. The fraction of sp³-hybridized carbons (Fsp3) is 0.357. The number of anilines is 1. The Morgan fingerprint density at radius 1 is 1.16 bits per heavy atom.